The maximum Gasteiger partial charge on any atom is 0.151 e. The van der Waals surface area contributed by atoms with E-state index in [1.54, 1.807) is 12.4 Å². The van der Waals surface area contributed by atoms with Crippen LogP contribution in [-0.4, -0.2) is 11.2 Å². The van der Waals surface area contributed by atoms with Crippen molar-refractivity contribution in [1.29, 1.82) is 0 Å². The van der Waals surface area contributed by atoms with Crippen LogP contribution in [0.5, 0.6) is 0 Å². The highest BCUT2D eigenvalue weighted by atomic mass is 79.9. The number of nitrogens with zero attached hydrogens (tertiary/aromatic N) is 2. The van der Waals surface area contributed by atoms with Crippen molar-refractivity contribution >= 4 is 39.6 Å². The monoisotopic (exact) mass is 294 g/mol. The lowest BCUT2D eigenvalue weighted by molar-refractivity contribution is 1.26. The van der Waals surface area contributed by atoms with Crippen LogP contribution >= 0.6 is 27.5 Å². The third-order valence-corrected chi connectivity index (χ3v) is 2.61. The lowest BCUT2D eigenvalue weighted by atomic mass is 10.2. The summed E-state index contributed by atoms with van der Waals surface area (Å²) in [6, 6.07) is 11.2. The van der Waals surface area contributed by atoms with Gasteiger partial charge in [-0.2, -0.15) is 0 Å². The molecule has 0 saturated heterocycles. The van der Waals surface area contributed by atoms with Gasteiger partial charge in [0, 0.05) is 21.9 Å². The normalized spacial score (nSPS) is 10.9. The Morgan fingerprint density at radius 2 is 2.12 bits per heavy atom. The van der Waals surface area contributed by atoms with Gasteiger partial charge in [-0.25, -0.2) is 9.98 Å². The molecular formula is C12H8BrClN2. The molecule has 0 bridgehead atoms. The second kappa shape index (κ2) is 5.23. The van der Waals surface area contributed by atoms with Crippen LogP contribution < -0.4 is 0 Å². The average molecular weight is 296 g/mol. The van der Waals surface area contributed by atoms with Crippen LogP contribution in [0.3, 0.4) is 0 Å². The lowest BCUT2D eigenvalue weighted by Crippen LogP contribution is -1.80. The summed E-state index contributed by atoms with van der Waals surface area (Å²) < 4.78 is 0.939. The van der Waals surface area contributed by atoms with Gasteiger partial charge >= 0.3 is 0 Å². The van der Waals surface area contributed by atoms with Gasteiger partial charge < -0.3 is 0 Å². The number of hydrogen-bond acceptors (Lipinski definition) is 2. The van der Waals surface area contributed by atoms with Gasteiger partial charge in [0.15, 0.2) is 5.82 Å². The molecule has 2 aromatic rings. The second-order valence-corrected chi connectivity index (χ2v) is 4.50. The van der Waals surface area contributed by atoms with E-state index in [2.05, 4.69) is 25.9 Å². The van der Waals surface area contributed by atoms with Gasteiger partial charge in [0.05, 0.1) is 0 Å². The topological polar surface area (TPSA) is 25.2 Å². The zero-order valence-corrected chi connectivity index (χ0v) is 10.6. The molecule has 4 heteroatoms. The van der Waals surface area contributed by atoms with Crippen LogP contribution in [-0.2, 0) is 0 Å². The minimum Gasteiger partial charge on any atom is -0.237 e. The summed E-state index contributed by atoms with van der Waals surface area (Å²) in [6.07, 6.45) is 3.45. The molecule has 0 aliphatic rings. The Bertz CT molecular complexity index is 509. The van der Waals surface area contributed by atoms with Crippen molar-refractivity contribution in [2.24, 2.45) is 4.99 Å². The number of aromatic nitrogens is 1. The largest absolute Gasteiger partial charge is 0.237 e. The van der Waals surface area contributed by atoms with Crippen LogP contribution in [0.4, 0.5) is 5.82 Å². The molecule has 1 aromatic carbocycles. The molecular weight excluding hydrogens is 288 g/mol. The Balaban J connectivity index is 2.18. The first kappa shape index (κ1) is 11.3. The molecule has 2 nitrogen and oxygen atoms in total. The van der Waals surface area contributed by atoms with E-state index in [0.29, 0.717) is 10.8 Å². The van der Waals surface area contributed by atoms with Crippen molar-refractivity contribution in [3.05, 3.63) is 57.7 Å². The third kappa shape index (κ3) is 3.15. The lowest BCUT2D eigenvalue weighted by Gasteiger charge is -1.94. The predicted molar refractivity (Wildman–Crippen MR) is 70.6 cm³/mol. The first-order chi connectivity index (χ1) is 7.74. The van der Waals surface area contributed by atoms with E-state index in [-0.39, 0.29) is 0 Å². The van der Waals surface area contributed by atoms with E-state index < -0.39 is 0 Å². The van der Waals surface area contributed by atoms with Crippen LogP contribution in [0.1, 0.15) is 5.56 Å². The Hall–Kier alpha value is -1.19. The molecule has 0 spiro atoms. The SMILES string of the molecule is Clc1cccc(/C=N/c2ccc(Br)cn2)c1. The van der Waals surface area contributed by atoms with Gasteiger partial charge in [-0.05, 0) is 45.8 Å². The van der Waals surface area contributed by atoms with Crippen molar-refractivity contribution in [3.8, 4) is 0 Å². The summed E-state index contributed by atoms with van der Waals surface area (Å²) >= 11 is 9.18. The van der Waals surface area contributed by atoms with Gasteiger partial charge in [-0.1, -0.05) is 23.7 Å². The molecule has 0 aliphatic heterocycles. The first-order valence-corrected chi connectivity index (χ1v) is 5.82. The minimum absolute atomic E-state index is 0.670. The number of rotatable bonds is 2. The molecule has 16 heavy (non-hydrogen) atoms. The van der Waals surface area contributed by atoms with Gasteiger partial charge in [0.2, 0.25) is 0 Å². The van der Waals surface area contributed by atoms with Crippen LogP contribution in [0.25, 0.3) is 0 Å². The Kier molecular flexibility index (Phi) is 3.70. The van der Waals surface area contributed by atoms with Crippen LogP contribution in [0.15, 0.2) is 52.1 Å². The summed E-state index contributed by atoms with van der Waals surface area (Å²) in [4.78, 5) is 8.38. The summed E-state index contributed by atoms with van der Waals surface area (Å²) in [5, 5.41) is 0.702. The van der Waals surface area contributed by atoms with Crippen molar-refractivity contribution in [1.82, 2.24) is 4.98 Å². The van der Waals surface area contributed by atoms with E-state index in [0.717, 1.165) is 10.0 Å². The Morgan fingerprint density at radius 3 is 2.81 bits per heavy atom. The molecule has 0 aliphatic carbocycles. The molecule has 2 rings (SSSR count). The predicted octanol–water partition coefficient (Wildman–Crippen LogP) is 4.25. The smallest absolute Gasteiger partial charge is 0.151 e. The first-order valence-electron chi connectivity index (χ1n) is 4.65. The molecule has 1 heterocycles. The van der Waals surface area contributed by atoms with Crippen molar-refractivity contribution in [3.63, 3.8) is 0 Å². The van der Waals surface area contributed by atoms with E-state index in [1.165, 1.54) is 0 Å². The molecule has 1 aromatic heterocycles. The van der Waals surface area contributed by atoms with Crippen LogP contribution in [0, 0.1) is 0 Å². The second-order valence-electron chi connectivity index (χ2n) is 3.15. The van der Waals surface area contributed by atoms with Crippen molar-refractivity contribution in [2.45, 2.75) is 0 Å². The highest BCUT2D eigenvalue weighted by Crippen LogP contribution is 2.14. The quantitative estimate of drug-likeness (QED) is 0.760. The number of aliphatic imine (C=N–C) groups is 1. The molecule has 0 unspecified atom stereocenters. The number of benzene rings is 1. The highest BCUT2D eigenvalue weighted by molar-refractivity contribution is 9.10. The fourth-order valence-electron chi connectivity index (χ4n) is 1.17. The number of hydrogen-bond donors (Lipinski definition) is 0. The van der Waals surface area contributed by atoms with E-state index in [1.807, 2.05) is 36.4 Å². The minimum atomic E-state index is 0.670. The van der Waals surface area contributed by atoms with E-state index >= 15 is 0 Å². The molecule has 0 radical (unpaired) electrons. The van der Waals surface area contributed by atoms with Gasteiger partial charge in [0.25, 0.3) is 0 Å². The third-order valence-electron chi connectivity index (χ3n) is 1.91. The zero-order chi connectivity index (χ0) is 11.4. The summed E-state index contributed by atoms with van der Waals surface area (Å²) in [6.45, 7) is 0. The average Bonchev–Trinajstić information content (AvgIpc) is 2.28. The Labute approximate surface area is 107 Å². The van der Waals surface area contributed by atoms with Gasteiger partial charge in [-0.3, -0.25) is 0 Å². The van der Waals surface area contributed by atoms with Gasteiger partial charge in [0.1, 0.15) is 0 Å². The Morgan fingerprint density at radius 1 is 1.25 bits per heavy atom. The van der Waals surface area contributed by atoms with E-state index in [9.17, 15) is 0 Å². The number of pyridine rings is 1. The van der Waals surface area contributed by atoms with E-state index in [4.69, 9.17) is 11.6 Å². The van der Waals surface area contributed by atoms with Crippen molar-refractivity contribution in [2.75, 3.05) is 0 Å². The zero-order valence-electron chi connectivity index (χ0n) is 8.27. The molecule has 80 valence electrons. The maximum absolute atomic E-state index is 5.86. The summed E-state index contributed by atoms with van der Waals surface area (Å²) in [7, 11) is 0. The molecule has 0 amide bonds. The molecule has 0 saturated carbocycles. The highest BCUT2D eigenvalue weighted by Gasteiger charge is 1.92. The molecule has 0 atom stereocenters. The molecule has 0 fully saturated rings. The van der Waals surface area contributed by atoms with Gasteiger partial charge in [-0.15, -0.1) is 0 Å². The summed E-state index contributed by atoms with van der Waals surface area (Å²) in [5.41, 5.74) is 0.956. The standard InChI is InChI=1S/C12H8BrClN2/c13-10-4-5-12(16-8-10)15-7-9-2-1-3-11(14)6-9/h1-8H/b15-7+. The fraction of sp³-hybridized carbons (Fsp3) is 0. The van der Waals surface area contributed by atoms with Crippen LogP contribution in [0.2, 0.25) is 5.02 Å². The fourth-order valence-corrected chi connectivity index (χ4v) is 1.61. The maximum atomic E-state index is 5.86. The summed E-state index contributed by atoms with van der Waals surface area (Å²) in [5.74, 6) is 0.670. The van der Waals surface area contributed by atoms with Crippen molar-refractivity contribution < 1.29 is 0 Å². The molecule has 0 N–H and O–H groups in total. The number of halogens is 2.